The van der Waals surface area contributed by atoms with E-state index in [1.807, 2.05) is 25.3 Å². The van der Waals surface area contributed by atoms with Crippen LogP contribution >= 0.6 is 0 Å². The van der Waals surface area contributed by atoms with E-state index in [1.54, 1.807) is 4.68 Å². The first kappa shape index (κ1) is 19.6. The Hall–Kier alpha value is -1.70. The van der Waals surface area contributed by atoms with Crippen molar-refractivity contribution in [1.82, 2.24) is 9.78 Å². The summed E-state index contributed by atoms with van der Waals surface area (Å²) in [6.45, 7) is 10.1. The van der Waals surface area contributed by atoms with Gasteiger partial charge in [0.2, 0.25) is 0 Å². The minimum absolute atomic E-state index is 0.224. The third-order valence-corrected chi connectivity index (χ3v) is 5.73. The van der Waals surface area contributed by atoms with Crippen LogP contribution in [0.3, 0.4) is 0 Å². The Morgan fingerprint density at radius 2 is 2.08 bits per heavy atom. The van der Waals surface area contributed by atoms with Gasteiger partial charge in [-0.2, -0.15) is 5.10 Å². The number of aromatic nitrogens is 2. The summed E-state index contributed by atoms with van der Waals surface area (Å²) in [7, 11) is 0.182. The minimum atomic E-state index is -1.15. The number of fused-ring (bicyclic) bond motifs is 1. The average Bonchev–Trinajstić information content (AvgIpc) is 2.93. The summed E-state index contributed by atoms with van der Waals surface area (Å²) in [5.41, 5.74) is 2.79. The van der Waals surface area contributed by atoms with Crippen molar-refractivity contribution in [3.63, 3.8) is 0 Å². The number of rotatable bonds is 8. The summed E-state index contributed by atoms with van der Waals surface area (Å²) in [5, 5.41) is 15.4. The maximum atomic E-state index is 11.4. The Balaban J connectivity index is 2.06. The number of nitrogens with zero attached hydrogens (tertiary/aromatic N) is 2. The molecular formula is C18H28N2O4Si. The van der Waals surface area contributed by atoms with Gasteiger partial charge in [0.15, 0.2) is 6.10 Å². The fourth-order valence-corrected chi connectivity index (χ4v) is 3.36. The Morgan fingerprint density at radius 1 is 1.36 bits per heavy atom. The lowest BCUT2D eigenvalue weighted by Gasteiger charge is -2.15. The molecule has 0 aliphatic heterocycles. The number of hydrogen-bond donors (Lipinski definition) is 1. The van der Waals surface area contributed by atoms with Crippen LogP contribution in [0.2, 0.25) is 25.7 Å². The fourth-order valence-electron chi connectivity index (χ4n) is 2.60. The zero-order valence-corrected chi connectivity index (χ0v) is 16.7. The number of carbonyl (C=O) groups excluding carboxylic acids is 1. The molecule has 0 aliphatic carbocycles. The highest BCUT2D eigenvalue weighted by Crippen LogP contribution is 2.21. The van der Waals surface area contributed by atoms with Gasteiger partial charge >= 0.3 is 5.97 Å². The molecule has 1 aromatic carbocycles. The van der Waals surface area contributed by atoms with E-state index >= 15 is 0 Å². The van der Waals surface area contributed by atoms with Crippen molar-refractivity contribution >= 4 is 24.9 Å². The van der Waals surface area contributed by atoms with Crippen LogP contribution in [0.4, 0.5) is 0 Å². The molecule has 2 aromatic rings. The van der Waals surface area contributed by atoms with Gasteiger partial charge in [-0.05, 0) is 30.2 Å². The van der Waals surface area contributed by atoms with Crippen LogP contribution in [0.1, 0.15) is 11.1 Å². The van der Waals surface area contributed by atoms with Gasteiger partial charge in [0.1, 0.15) is 6.73 Å². The predicted molar refractivity (Wildman–Crippen MR) is 100 cm³/mol. The number of methoxy groups -OCH3 is 1. The Kier molecular flexibility index (Phi) is 6.37. The van der Waals surface area contributed by atoms with E-state index in [-0.39, 0.29) is 6.42 Å². The molecular weight excluding hydrogens is 336 g/mol. The molecule has 1 heterocycles. The number of aliphatic hydroxyl groups is 1. The maximum Gasteiger partial charge on any atom is 0.335 e. The van der Waals surface area contributed by atoms with Crippen molar-refractivity contribution in [1.29, 1.82) is 0 Å². The van der Waals surface area contributed by atoms with Crippen molar-refractivity contribution in [2.75, 3.05) is 13.7 Å². The Morgan fingerprint density at radius 3 is 2.72 bits per heavy atom. The van der Waals surface area contributed by atoms with Crippen LogP contribution in [0.5, 0.6) is 0 Å². The SMILES string of the molecule is COC(=O)[C@H](O)Cc1cc(C)c2nn(COCC[Si](C)(C)C)cc2c1. The molecule has 138 valence electrons. The quantitative estimate of drug-likeness (QED) is 0.443. The Bertz CT molecular complexity index is 736. The molecule has 0 amide bonds. The molecule has 0 radical (unpaired) electrons. The third-order valence-electron chi connectivity index (χ3n) is 4.03. The van der Waals surface area contributed by atoms with Crippen LogP contribution in [-0.4, -0.2) is 48.8 Å². The van der Waals surface area contributed by atoms with E-state index in [2.05, 4.69) is 29.5 Å². The van der Waals surface area contributed by atoms with Gasteiger partial charge in [0, 0.05) is 32.7 Å². The summed E-state index contributed by atoms with van der Waals surface area (Å²) >= 11 is 0. The molecule has 0 saturated carbocycles. The van der Waals surface area contributed by atoms with Gasteiger partial charge in [-0.15, -0.1) is 0 Å². The lowest BCUT2D eigenvalue weighted by atomic mass is 10.0. The first-order chi connectivity index (χ1) is 11.7. The molecule has 7 heteroatoms. The molecule has 6 nitrogen and oxygen atoms in total. The molecule has 0 fully saturated rings. The highest BCUT2D eigenvalue weighted by molar-refractivity contribution is 6.76. The first-order valence-corrected chi connectivity index (χ1v) is 12.2. The van der Waals surface area contributed by atoms with Crippen molar-refractivity contribution in [3.05, 3.63) is 29.5 Å². The second kappa shape index (κ2) is 8.12. The van der Waals surface area contributed by atoms with Crippen LogP contribution in [-0.2, 0) is 27.4 Å². The van der Waals surface area contributed by atoms with Gasteiger partial charge in [-0.3, -0.25) is 0 Å². The van der Waals surface area contributed by atoms with E-state index in [1.165, 1.54) is 7.11 Å². The van der Waals surface area contributed by atoms with E-state index in [0.29, 0.717) is 6.73 Å². The lowest BCUT2D eigenvalue weighted by Crippen LogP contribution is -2.24. The predicted octanol–water partition coefficient (Wildman–Crippen LogP) is 2.73. The highest BCUT2D eigenvalue weighted by atomic mass is 28.3. The summed E-state index contributed by atoms with van der Waals surface area (Å²) < 4.78 is 12.1. The topological polar surface area (TPSA) is 73.6 Å². The zero-order chi connectivity index (χ0) is 18.6. The molecule has 0 spiro atoms. The summed E-state index contributed by atoms with van der Waals surface area (Å²) in [5.74, 6) is -0.621. The molecule has 0 aliphatic rings. The standard InChI is InChI=1S/C18H28N2O4Si/c1-13-8-14(10-16(21)18(22)23-2)9-15-11-20(19-17(13)15)12-24-6-7-25(3,4)5/h8-9,11,16,21H,6-7,10,12H2,1-5H3/t16-/m1/s1. The minimum Gasteiger partial charge on any atom is -0.467 e. The first-order valence-electron chi connectivity index (χ1n) is 8.50. The molecule has 0 saturated heterocycles. The van der Waals surface area contributed by atoms with Crippen molar-refractivity contribution in [2.24, 2.45) is 0 Å². The monoisotopic (exact) mass is 364 g/mol. The van der Waals surface area contributed by atoms with Crippen LogP contribution in [0, 0.1) is 6.92 Å². The average molecular weight is 365 g/mol. The molecule has 0 bridgehead atoms. The van der Waals surface area contributed by atoms with Gasteiger partial charge in [0.25, 0.3) is 0 Å². The van der Waals surface area contributed by atoms with E-state index in [9.17, 15) is 9.90 Å². The van der Waals surface area contributed by atoms with Crippen LogP contribution < -0.4 is 0 Å². The molecule has 0 unspecified atom stereocenters. The number of esters is 1. The molecule has 1 N–H and O–H groups in total. The zero-order valence-electron chi connectivity index (χ0n) is 15.7. The third kappa shape index (κ3) is 5.66. The smallest absolute Gasteiger partial charge is 0.335 e. The lowest BCUT2D eigenvalue weighted by molar-refractivity contribution is -0.150. The van der Waals surface area contributed by atoms with E-state index in [4.69, 9.17) is 4.74 Å². The molecule has 1 atom stereocenters. The molecule has 1 aromatic heterocycles. The summed E-state index contributed by atoms with van der Waals surface area (Å²) in [6.07, 6.45) is 1.01. The van der Waals surface area contributed by atoms with E-state index < -0.39 is 20.1 Å². The number of aryl methyl sites for hydroxylation is 1. The van der Waals surface area contributed by atoms with Gasteiger partial charge in [-0.1, -0.05) is 25.7 Å². The van der Waals surface area contributed by atoms with Crippen molar-refractivity contribution in [2.45, 2.75) is 51.9 Å². The fraction of sp³-hybridized carbons (Fsp3) is 0.556. The second-order valence-electron chi connectivity index (χ2n) is 7.61. The maximum absolute atomic E-state index is 11.4. The number of benzene rings is 1. The van der Waals surface area contributed by atoms with Crippen LogP contribution in [0.25, 0.3) is 10.9 Å². The summed E-state index contributed by atoms with van der Waals surface area (Å²) in [4.78, 5) is 11.4. The van der Waals surface area contributed by atoms with Gasteiger partial charge in [-0.25, -0.2) is 9.48 Å². The number of carbonyl (C=O) groups is 1. The number of hydrogen-bond acceptors (Lipinski definition) is 5. The number of aliphatic hydroxyl groups excluding tert-OH is 1. The molecule has 25 heavy (non-hydrogen) atoms. The Labute approximate surface area is 149 Å². The van der Waals surface area contributed by atoms with Gasteiger partial charge < -0.3 is 14.6 Å². The van der Waals surface area contributed by atoms with E-state index in [0.717, 1.165) is 34.7 Å². The second-order valence-corrected chi connectivity index (χ2v) is 13.2. The highest BCUT2D eigenvalue weighted by Gasteiger charge is 2.17. The normalized spacial score (nSPS) is 13.2. The van der Waals surface area contributed by atoms with Crippen molar-refractivity contribution in [3.8, 4) is 0 Å². The van der Waals surface area contributed by atoms with Crippen LogP contribution in [0.15, 0.2) is 18.3 Å². The molecule has 2 rings (SSSR count). The van der Waals surface area contributed by atoms with Crippen molar-refractivity contribution < 1.29 is 19.4 Å². The largest absolute Gasteiger partial charge is 0.467 e. The summed E-state index contributed by atoms with van der Waals surface area (Å²) in [6, 6.07) is 5.01. The van der Waals surface area contributed by atoms with Gasteiger partial charge in [0.05, 0.1) is 12.6 Å². The number of ether oxygens (including phenoxy) is 2.